The number of aromatic carboxylic acids is 1. The van der Waals surface area contributed by atoms with E-state index in [1.54, 1.807) is 0 Å². The summed E-state index contributed by atoms with van der Waals surface area (Å²) < 4.78 is 39.7. The Kier molecular flexibility index (Phi) is 3.46. The number of thiophene rings is 1. The fourth-order valence-electron chi connectivity index (χ4n) is 0.762. The van der Waals surface area contributed by atoms with Crippen molar-refractivity contribution in [3.8, 4) is 5.75 Å². The van der Waals surface area contributed by atoms with E-state index in [2.05, 4.69) is 4.74 Å². The van der Waals surface area contributed by atoms with Crippen LogP contribution in [-0.2, 0) is 0 Å². The number of alkyl halides is 3. The van der Waals surface area contributed by atoms with Crippen molar-refractivity contribution in [3.05, 3.63) is 15.3 Å². The van der Waals surface area contributed by atoms with Crippen molar-refractivity contribution in [2.45, 2.75) is 6.18 Å². The van der Waals surface area contributed by atoms with Gasteiger partial charge < -0.3 is 9.84 Å². The van der Waals surface area contributed by atoms with Crippen LogP contribution in [0.2, 0.25) is 4.34 Å². The van der Waals surface area contributed by atoms with Crippen LogP contribution in [0.3, 0.4) is 0 Å². The predicted octanol–water partition coefficient (Wildman–Crippen LogP) is 3.04. The molecule has 0 unspecified atom stereocenters. The number of ether oxygens (including phenoxy) is 1. The average molecular weight is 261 g/mol. The van der Waals surface area contributed by atoms with Gasteiger partial charge in [0.15, 0.2) is 11.5 Å². The lowest BCUT2D eigenvalue weighted by molar-refractivity contribution is -0.153. The monoisotopic (exact) mass is 260 g/mol. The number of hydrogen-bond donors (Lipinski definition) is 1. The van der Waals surface area contributed by atoms with E-state index in [-0.39, 0.29) is 15.0 Å². The van der Waals surface area contributed by atoms with Gasteiger partial charge in [-0.2, -0.15) is 13.2 Å². The first-order valence-electron chi connectivity index (χ1n) is 3.52. The molecule has 0 aliphatic rings. The zero-order valence-corrected chi connectivity index (χ0v) is 8.54. The highest BCUT2D eigenvalue weighted by molar-refractivity contribution is 7.18. The minimum Gasteiger partial charge on any atom is -0.482 e. The third-order valence-electron chi connectivity index (χ3n) is 1.25. The third-order valence-corrected chi connectivity index (χ3v) is 2.49. The summed E-state index contributed by atoms with van der Waals surface area (Å²) in [7, 11) is 0. The zero-order chi connectivity index (χ0) is 11.6. The van der Waals surface area contributed by atoms with Crippen molar-refractivity contribution in [3.63, 3.8) is 0 Å². The molecule has 0 saturated carbocycles. The second-order valence-electron chi connectivity index (χ2n) is 2.45. The summed E-state index contributed by atoms with van der Waals surface area (Å²) in [5, 5.41) is 8.60. The Bertz CT molecular complexity index is 374. The Balaban J connectivity index is 2.80. The van der Waals surface area contributed by atoms with E-state index < -0.39 is 18.8 Å². The van der Waals surface area contributed by atoms with Crippen LogP contribution in [-0.4, -0.2) is 23.9 Å². The van der Waals surface area contributed by atoms with Gasteiger partial charge in [-0.15, -0.1) is 11.3 Å². The molecule has 1 N–H and O–H groups in total. The van der Waals surface area contributed by atoms with E-state index in [1.165, 1.54) is 0 Å². The molecule has 0 fully saturated rings. The van der Waals surface area contributed by atoms with Crippen LogP contribution < -0.4 is 4.74 Å². The Morgan fingerprint density at radius 3 is 2.67 bits per heavy atom. The summed E-state index contributed by atoms with van der Waals surface area (Å²) in [4.78, 5) is 10.2. The molecule has 84 valence electrons. The van der Waals surface area contributed by atoms with E-state index in [1.807, 2.05) is 0 Å². The molecule has 0 radical (unpaired) electrons. The molecule has 0 aromatic carbocycles. The molecule has 1 rings (SSSR count). The molecule has 15 heavy (non-hydrogen) atoms. The van der Waals surface area contributed by atoms with Gasteiger partial charge in [0.25, 0.3) is 0 Å². The largest absolute Gasteiger partial charge is 0.482 e. The maximum Gasteiger partial charge on any atom is 0.422 e. The van der Waals surface area contributed by atoms with E-state index in [9.17, 15) is 18.0 Å². The molecule has 8 heteroatoms. The van der Waals surface area contributed by atoms with Gasteiger partial charge in [-0.3, -0.25) is 0 Å². The molecular formula is C7H4ClF3O3S. The van der Waals surface area contributed by atoms with Crippen molar-refractivity contribution in [1.82, 2.24) is 0 Å². The number of carbonyl (C=O) groups is 1. The Morgan fingerprint density at radius 1 is 1.60 bits per heavy atom. The van der Waals surface area contributed by atoms with Crippen molar-refractivity contribution in [2.75, 3.05) is 6.61 Å². The maximum atomic E-state index is 11.8. The smallest absolute Gasteiger partial charge is 0.422 e. The lowest BCUT2D eigenvalue weighted by Gasteiger charge is -2.07. The molecule has 0 saturated heterocycles. The molecular weight excluding hydrogens is 257 g/mol. The van der Waals surface area contributed by atoms with E-state index in [0.29, 0.717) is 11.3 Å². The first-order valence-corrected chi connectivity index (χ1v) is 4.71. The van der Waals surface area contributed by atoms with Crippen LogP contribution in [0.15, 0.2) is 6.07 Å². The number of carboxylic acids is 1. The van der Waals surface area contributed by atoms with Crippen LogP contribution in [0.4, 0.5) is 13.2 Å². The SMILES string of the molecule is O=C(O)c1sc(Cl)cc1OCC(F)(F)F. The van der Waals surface area contributed by atoms with Crippen LogP contribution in [0.25, 0.3) is 0 Å². The second-order valence-corrected chi connectivity index (χ2v) is 4.14. The number of carboxylic acid groups (broad SMARTS) is 1. The quantitative estimate of drug-likeness (QED) is 0.909. The molecule has 0 bridgehead atoms. The first-order chi connectivity index (χ1) is 6.79. The summed E-state index contributed by atoms with van der Waals surface area (Å²) in [5.74, 6) is -1.74. The molecule has 1 aromatic heterocycles. The van der Waals surface area contributed by atoms with Gasteiger partial charge in [0, 0.05) is 6.07 Å². The summed E-state index contributed by atoms with van der Waals surface area (Å²) >= 11 is 6.10. The van der Waals surface area contributed by atoms with E-state index in [4.69, 9.17) is 16.7 Å². The summed E-state index contributed by atoms with van der Waals surface area (Å²) in [6.07, 6.45) is -4.51. The predicted molar refractivity (Wildman–Crippen MR) is 47.8 cm³/mol. The number of hydrogen-bond acceptors (Lipinski definition) is 3. The average Bonchev–Trinajstić information content (AvgIpc) is 2.42. The Hall–Kier alpha value is -0.950. The Labute approximate surface area is 91.0 Å². The van der Waals surface area contributed by atoms with Crippen LogP contribution in [0.1, 0.15) is 9.67 Å². The summed E-state index contributed by atoms with van der Waals surface area (Å²) in [6, 6.07) is 1.04. The van der Waals surface area contributed by atoms with Crippen LogP contribution >= 0.6 is 22.9 Å². The first kappa shape index (κ1) is 12.1. The van der Waals surface area contributed by atoms with E-state index >= 15 is 0 Å². The van der Waals surface area contributed by atoms with Gasteiger partial charge in [0.05, 0.1) is 4.34 Å². The fraction of sp³-hybridized carbons (Fsp3) is 0.286. The number of rotatable bonds is 3. The minimum atomic E-state index is -4.51. The zero-order valence-electron chi connectivity index (χ0n) is 6.97. The fourth-order valence-corrected chi connectivity index (χ4v) is 1.76. The normalized spacial score (nSPS) is 11.5. The van der Waals surface area contributed by atoms with E-state index in [0.717, 1.165) is 6.07 Å². The van der Waals surface area contributed by atoms with Crippen LogP contribution in [0, 0.1) is 0 Å². The molecule has 0 spiro atoms. The lowest BCUT2D eigenvalue weighted by atomic mass is 10.4. The van der Waals surface area contributed by atoms with Gasteiger partial charge >= 0.3 is 12.1 Å². The standard InChI is InChI=1S/C7H4ClF3O3S/c8-4-1-3(5(15-4)6(12)13)14-2-7(9,10)11/h1H,2H2,(H,12,13). The third kappa shape index (κ3) is 3.60. The maximum absolute atomic E-state index is 11.8. The van der Waals surface area contributed by atoms with Crippen molar-refractivity contribution >= 4 is 28.9 Å². The molecule has 0 aliphatic heterocycles. The van der Waals surface area contributed by atoms with Gasteiger partial charge in [-0.25, -0.2) is 4.79 Å². The summed E-state index contributed by atoms with van der Waals surface area (Å²) in [6.45, 7) is -1.54. The van der Waals surface area contributed by atoms with Gasteiger partial charge in [0.1, 0.15) is 5.75 Å². The van der Waals surface area contributed by atoms with Gasteiger partial charge in [-0.1, -0.05) is 11.6 Å². The molecule has 0 amide bonds. The summed E-state index contributed by atoms with van der Waals surface area (Å²) in [5.41, 5.74) is 0. The van der Waals surface area contributed by atoms with Crippen molar-refractivity contribution < 1.29 is 27.8 Å². The topological polar surface area (TPSA) is 46.5 Å². The van der Waals surface area contributed by atoms with Gasteiger partial charge in [-0.05, 0) is 0 Å². The molecule has 1 heterocycles. The molecule has 3 nitrogen and oxygen atoms in total. The van der Waals surface area contributed by atoms with Crippen LogP contribution in [0.5, 0.6) is 5.75 Å². The number of halogens is 4. The highest BCUT2D eigenvalue weighted by atomic mass is 35.5. The molecule has 1 aromatic rings. The molecule has 0 atom stereocenters. The lowest BCUT2D eigenvalue weighted by Crippen LogP contribution is -2.19. The second kappa shape index (κ2) is 4.28. The molecule has 0 aliphatic carbocycles. The Morgan fingerprint density at radius 2 is 2.20 bits per heavy atom. The van der Waals surface area contributed by atoms with Gasteiger partial charge in [0.2, 0.25) is 0 Å². The highest BCUT2D eigenvalue weighted by Gasteiger charge is 2.29. The van der Waals surface area contributed by atoms with Crippen molar-refractivity contribution in [2.24, 2.45) is 0 Å². The highest BCUT2D eigenvalue weighted by Crippen LogP contribution is 2.33. The minimum absolute atomic E-state index is 0.0598. The van der Waals surface area contributed by atoms with Crippen molar-refractivity contribution in [1.29, 1.82) is 0 Å².